The van der Waals surface area contributed by atoms with Crippen molar-refractivity contribution < 1.29 is 4.74 Å². The van der Waals surface area contributed by atoms with Gasteiger partial charge < -0.3 is 20.3 Å². The third-order valence-corrected chi connectivity index (χ3v) is 6.11. The van der Waals surface area contributed by atoms with Crippen molar-refractivity contribution >= 4 is 5.96 Å². The number of piperidine rings is 1. The van der Waals surface area contributed by atoms with Crippen molar-refractivity contribution in [3.05, 3.63) is 0 Å². The van der Waals surface area contributed by atoms with Crippen molar-refractivity contribution in [3.63, 3.8) is 0 Å². The number of guanidine groups is 1. The molecule has 0 bridgehead atoms. The highest BCUT2D eigenvalue weighted by molar-refractivity contribution is 5.79. The molecule has 2 N–H and O–H groups in total. The Labute approximate surface area is 159 Å². The highest BCUT2D eigenvalue weighted by Gasteiger charge is 2.32. The number of fused-ring (bicyclic) bond motifs is 1. The predicted octanol–water partition coefficient (Wildman–Crippen LogP) is 1.67. The first-order valence-corrected chi connectivity index (χ1v) is 10.9. The van der Waals surface area contributed by atoms with Gasteiger partial charge in [0.1, 0.15) is 0 Å². The van der Waals surface area contributed by atoms with Crippen LogP contribution in [0.25, 0.3) is 0 Å². The monoisotopic (exact) mass is 365 g/mol. The summed E-state index contributed by atoms with van der Waals surface area (Å²) in [6, 6.07) is 1.42. The van der Waals surface area contributed by atoms with E-state index in [1.807, 2.05) is 0 Å². The molecule has 0 aromatic carbocycles. The Morgan fingerprint density at radius 3 is 2.92 bits per heavy atom. The lowest BCUT2D eigenvalue weighted by Crippen LogP contribution is -2.47. The molecule has 26 heavy (non-hydrogen) atoms. The second-order valence-corrected chi connectivity index (χ2v) is 8.13. The Balaban J connectivity index is 1.36. The molecule has 6 nitrogen and oxygen atoms in total. The molecule has 150 valence electrons. The Bertz CT molecular complexity index is 444. The van der Waals surface area contributed by atoms with E-state index in [1.165, 1.54) is 58.2 Å². The summed E-state index contributed by atoms with van der Waals surface area (Å²) in [6.45, 7) is 12.7. The van der Waals surface area contributed by atoms with E-state index in [9.17, 15) is 0 Å². The lowest BCUT2D eigenvalue weighted by molar-refractivity contribution is -0.0432. The standard InChI is InChI=1S/C20H39N5O/c1-3-21-20(22-10-7-13-24-11-5-4-8-17(24)2)23-14-19-15-25-12-6-9-18(25)16-26-19/h17-19H,3-16H2,1-2H3,(H2,21,22,23). The summed E-state index contributed by atoms with van der Waals surface area (Å²) in [7, 11) is 0. The number of likely N-dealkylation sites (tertiary alicyclic amines) is 1. The molecule has 3 aliphatic rings. The molecular formula is C20H39N5O. The van der Waals surface area contributed by atoms with Gasteiger partial charge in [0.05, 0.1) is 19.3 Å². The van der Waals surface area contributed by atoms with E-state index in [-0.39, 0.29) is 6.10 Å². The maximum atomic E-state index is 6.03. The molecule has 3 fully saturated rings. The van der Waals surface area contributed by atoms with Gasteiger partial charge in [-0.15, -0.1) is 0 Å². The smallest absolute Gasteiger partial charge is 0.191 e. The summed E-state index contributed by atoms with van der Waals surface area (Å²) < 4.78 is 6.03. The van der Waals surface area contributed by atoms with Crippen LogP contribution in [0.1, 0.15) is 52.4 Å². The van der Waals surface area contributed by atoms with Gasteiger partial charge in [0, 0.05) is 38.3 Å². The normalized spacial score (nSPS) is 31.0. The average Bonchev–Trinajstić information content (AvgIpc) is 3.12. The molecule has 3 rings (SSSR count). The molecule has 6 heteroatoms. The van der Waals surface area contributed by atoms with Crippen LogP contribution in [-0.4, -0.2) is 86.4 Å². The molecule has 3 aliphatic heterocycles. The first-order valence-electron chi connectivity index (χ1n) is 10.9. The van der Waals surface area contributed by atoms with Gasteiger partial charge in [0.25, 0.3) is 0 Å². The Kier molecular flexibility index (Phi) is 8.02. The van der Waals surface area contributed by atoms with E-state index < -0.39 is 0 Å². The summed E-state index contributed by atoms with van der Waals surface area (Å²) in [6.07, 6.45) is 8.16. The van der Waals surface area contributed by atoms with Crippen LogP contribution in [0, 0.1) is 0 Å². The van der Waals surface area contributed by atoms with Crippen LogP contribution in [0.3, 0.4) is 0 Å². The molecule has 0 amide bonds. The lowest BCUT2D eigenvalue weighted by atomic mass is 10.0. The molecule has 0 saturated carbocycles. The Hall–Kier alpha value is -0.850. The fraction of sp³-hybridized carbons (Fsp3) is 0.950. The number of hydrogen-bond donors (Lipinski definition) is 2. The van der Waals surface area contributed by atoms with Crippen LogP contribution in [0.2, 0.25) is 0 Å². The molecule has 0 radical (unpaired) electrons. The predicted molar refractivity (Wildman–Crippen MR) is 108 cm³/mol. The van der Waals surface area contributed by atoms with E-state index in [0.717, 1.165) is 44.8 Å². The van der Waals surface area contributed by atoms with Gasteiger partial charge in [-0.05, 0) is 59.0 Å². The molecule has 0 aliphatic carbocycles. The third kappa shape index (κ3) is 5.83. The number of hydrogen-bond acceptors (Lipinski definition) is 4. The first-order chi connectivity index (χ1) is 12.8. The van der Waals surface area contributed by atoms with E-state index in [0.29, 0.717) is 6.04 Å². The molecule has 0 spiro atoms. The minimum absolute atomic E-state index is 0.244. The summed E-state index contributed by atoms with van der Waals surface area (Å²) in [4.78, 5) is 10.0. The maximum Gasteiger partial charge on any atom is 0.191 e. The topological polar surface area (TPSA) is 52.1 Å². The molecule has 0 aromatic heterocycles. The number of aliphatic imine (C=N–C) groups is 1. The fourth-order valence-electron chi connectivity index (χ4n) is 4.51. The van der Waals surface area contributed by atoms with Crippen molar-refractivity contribution in [2.45, 2.75) is 70.6 Å². The van der Waals surface area contributed by atoms with Crippen molar-refractivity contribution in [1.82, 2.24) is 20.4 Å². The lowest BCUT2D eigenvalue weighted by Gasteiger charge is -2.34. The van der Waals surface area contributed by atoms with Crippen molar-refractivity contribution in [1.29, 1.82) is 0 Å². The fourth-order valence-corrected chi connectivity index (χ4v) is 4.51. The Morgan fingerprint density at radius 2 is 2.08 bits per heavy atom. The second-order valence-electron chi connectivity index (χ2n) is 8.13. The van der Waals surface area contributed by atoms with E-state index in [4.69, 9.17) is 9.73 Å². The van der Waals surface area contributed by atoms with Crippen molar-refractivity contribution in [2.24, 2.45) is 4.99 Å². The zero-order valence-corrected chi connectivity index (χ0v) is 16.9. The summed E-state index contributed by atoms with van der Waals surface area (Å²) in [5.41, 5.74) is 0. The second kappa shape index (κ2) is 10.5. The molecule has 3 atom stereocenters. The molecule has 0 aromatic rings. The van der Waals surface area contributed by atoms with E-state index in [2.05, 4.69) is 34.3 Å². The van der Waals surface area contributed by atoms with Gasteiger partial charge in [-0.3, -0.25) is 9.89 Å². The van der Waals surface area contributed by atoms with Gasteiger partial charge in [-0.25, -0.2) is 0 Å². The van der Waals surface area contributed by atoms with Crippen LogP contribution in [0.4, 0.5) is 0 Å². The van der Waals surface area contributed by atoms with Gasteiger partial charge in [-0.2, -0.15) is 0 Å². The third-order valence-electron chi connectivity index (χ3n) is 6.11. The van der Waals surface area contributed by atoms with Gasteiger partial charge >= 0.3 is 0 Å². The number of rotatable bonds is 7. The van der Waals surface area contributed by atoms with Crippen LogP contribution in [0.15, 0.2) is 4.99 Å². The van der Waals surface area contributed by atoms with Crippen molar-refractivity contribution in [3.8, 4) is 0 Å². The largest absolute Gasteiger partial charge is 0.373 e. The number of nitrogens with one attached hydrogen (secondary N) is 2. The SMILES string of the molecule is CCNC(=NCC1CN2CCCC2CO1)NCCCN1CCCCC1C. The summed E-state index contributed by atoms with van der Waals surface area (Å²) in [5.74, 6) is 0.936. The van der Waals surface area contributed by atoms with Crippen LogP contribution < -0.4 is 10.6 Å². The summed E-state index contributed by atoms with van der Waals surface area (Å²) >= 11 is 0. The Morgan fingerprint density at radius 1 is 1.15 bits per heavy atom. The van der Waals surface area contributed by atoms with Gasteiger partial charge in [0.15, 0.2) is 5.96 Å². The van der Waals surface area contributed by atoms with Crippen LogP contribution in [0.5, 0.6) is 0 Å². The minimum atomic E-state index is 0.244. The zero-order valence-electron chi connectivity index (χ0n) is 16.9. The minimum Gasteiger partial charge on any atom is -0.373 e. The van der Waals surface area contributed by atoms with Crippen LogP contribution in [-0.2, 0) is 4.74 Å². The average molecular weight is 366 g/mol. The first kappa shape index (κ1) is 19.9. The van der Waals surface area contributed by atoms with Gasteiger partial charge in [0.2, 0.25) is 0 Å². The zero-order chi connectivity index (χ0) is 18.2. The maximum absolute atomic E-state index is 6.03. The molecule has 3 heterocycles. The molecule has 3 unspecified atom stereocenters. The van der Waals surface area contributed by atoms with E-state index >= 15 is 0 Å². The number of nitrogens with zero attached hydrogens (tertiary/aromatic N) is 3. The molecule has 3 saturated heterocycles. The highest BCUT2D eigenvalue weighted by atomic mass is 16.5. The van der Waals surface area contributed by atoms with E-state index in [1.54, 1.807) is 0 Å². The quantitative estimate of drug-likeness (QED) is 0.408. The number of ether oxygens (including phenoxy) is 1. The summed E-state index contributed by atoms with van der Waals surface area (Å²) in [5, 5.41) is 6.88. The van der Waals surface area contributed by atoms with Crippen LogP contribution >= 0.6 is 0 Å². The van der Waals surface area contributed by atoms with Gasteiger partial charge in [-0.1, -0.05) is 6.42 Å². The highest BCUT2D eigenvalue weighted by Crippen LogP contribution is 2.22. The molecular weight excluding hydrogens is 326 g/mol. The van der Waals surface area contributed by atoms with Crippen molar-refractivity contribution in [2.75, 3.05) is 52.4 Å². The number of morpholine rings is 1.